The molecule has 0 spiro atoms. The van der Waals surface area contributed by atoms with Gasteiger partial charge in [0.15, 0.2) is 5.69 Å². The van der Waals surface area contributed by atoms with Crippen LogP contribution in [0.2, 0.25) is 0 Å². The summed E-state index contributed by atoms with van der Waals surface area (Å²) < 4.78 is 6.74. The van der Waals surface area contributed by atoms with Gasteiger partial charge in [-0.25, -0.2) is 4.79 Å². The number of rotatable bonds is 4. The molecule has 1 aromatic carbocycles. The number of aromatic nitrogens is 2. The topological polar surface area (TPSA) is 84.7 Å². The molecule has 0 bridgehead atoms. The molecular weight excluding hydrogens is 286 g/mol. The van der Waals surface area contributed by atoms with Crippen LogP contribution in [0.1, 0.15) is 26.5 Å². The summed E-state index contributed by atoms with van der Waals surface area (Å²) in [6, 6.07) is 8.82. The number of hydrogen-bond acceptors (Lipinski definition) is 4. The highest BCUT2D eigenvalue weighted by atomic mass is 16.5. The Kier molecular flexibility index (Phi) is 3.54. The van der Waals surface area contributed by atoms with Gasteiger partial charge in [-0.2, -0.15) is 5.10 Å². The molecule has 0 unspecified atom stereocenters. The molecule has 114 valence electrons. The maximum atomic E-state index is 12.5. The third kappa shape index (κ3) is 2.41. The fourth-order valence-electron chi connectivity index (χ4n) is 2.53. The summed E-state index contributed by atoms with van der Waals surface area (Å²) in [5.41, 5.74) is 1.10. The summed E-state index contributed by atoms with van der Waals surface area (Å²) in [6.07, 6.45) is 0. The van der Waals surface area contributed by atoms with Gasteiger partial charge < -0.3 is 14.7 Å². The Morgan fingerprint density at radius 1 is 1.36 bits per heavy atom. The first-order chi connectivity index (χ1) is 10.6. The lowest BCUT2D eigenvalue weighted by Gasteiger charge is -2.28. The van der Waals surface area contributed by atoms with Crippen LogP contribution in [0.3, 0.4) is 0 Å². The quantitative estimate of drug-likeness (QED) is 0.918. The van der Waals surface area contributed by atoms with Crippen LogP contribution in [0.4, 0.5) is 0 Å². The predicted octanol–water partition coefficient (Wildman–Crippen LogP) is 1.25. The molecular formula is C15H15N3O4. The van der Waals surface area contributed by atoms with Crippen LogP contribution >= 0.6 is 0 Å². The minimum absolute atomic E-state index is 0.109. The second-order valence-electron chi connectivity index (χ2n) is 4.98. The summed E-state index contributed by atoms with van der Waals surface area (Å²) in [5, 5.41) is 12.9. The number of benzene rings is 1. The van der Waals surface area contributed by atoms with E-state index < -0.39 is 5.97 Å². The number of aromatic carboxylic acids is 1. The molecule has 3 rings (SSSR count). The van der Waals surface area contributed by atoms with Crippen molar-refractivity contribution in [2.24, 2.45) is 0 Å². The molecule has 0 aliphatic carbocycles. The normalized spacial score (nSPS) is 13.9. The number of fused-ring (bicyclic) bond motifs is 1. The number of carboxylic acid groups (broad SMARTS) is 1. The number of amides is 1. The molecule has 0 saturated heterocycles. The molecule has 1 amide bonds. The van der Waals surface area contributed by atoms with Crippen LogP contribution in [-0.4, -0.2) is 45.3 Å². The molecule has 0 atom stereocenters. The number of nitrogens with zero attached hydrogens (tertiary/aromatic N) is 3. The third-order valence-corrected chi connectivity index (χ3v) is 3.64. The zero-order valence-corrected chi connectivity index (χ0v) is 12.0. The molecule has 7 nitrogen and oxygen atoms in total. The number of methoxy groups -OCH3 is 1. The van der Waals surface area contributed by atoms with Gasteiger partial charge in [0.25, 0.3) is 5.91 Å². The zero-order valence-electron chi connectivity index (χ0n) is 12.0. The molecule has 0 fully saturated rings. The van der Waals surface area contributed by atoms with Crippen LogP contribution in [0.5, 0.6) is 5.75 Å². The highest BCUT2D eigenvalue weighted by Crippen LogP contribution is 2.22. The molecule has 7 heteroatoms. The molecule has 0 saturated carbocycles. The first kappa shape index (κ1) is 14.1. The fourth-order valence-corrected chi connectivity index (χ4v) is 2.53. The van der Waals surface area contributed by atoms with Gasteiger partial charge in [-0.3, -0.25) is 9.48 Å². The molecule has 1 aliphatic heterocycles. The van der Waals surface area contributed by atoms with Crippen LogP contribution < -0.4 is 4.74 Å². The minimum Gasteiger partial charge on any atom is -0.496 e. The van der Waals surface area contributed by atoms with E-state index in [2.05, 4.69) is 5.10 Å². The van der Waals surface area contributed by atoms with E-state index >= 15 is 0 Å². The molecule has 2 aromatic rings. The average Bonchev–Trinajstić information content (AvgIpc) is 2.96. The molecule has 0 radical (unpaired) electrons. The Labute approximate surface area is 126 Å². The standard InChI is InChI=1S/C15H15N3O4/c1-22-13-5-3-2-4-10(13)9-17-6-7-18-12(14(17)19)8-11(16-18)15(20)21/h2-5,8H,6-7,9H2,1H3,(H,20,21). The molecule has 22 heavy (non-hydrogen) atoms. The van der Waals surface area contributed by atoms with E-state index in [-0.39, 0.29) is 11.6 Å². The Bertz CT molecular complexity index is 738. The van der Waals surface area contributed by atoms with Gasteiger partial charge in [0.05, 0.1) is 13.7 Å². The van der Waals surface area contributed by atoms with E-state index in [0.717, 1.165) is 11.3 Å². The number of carbonyl (C=O) groups excluding carboxylic acids is 1. The lowest BCUT2D eigenvalue weighted by Crippen LogP contribution is -2.39. The first-order valence-corrected chi connectivity index (χ1v) is 6.82. The molecule has 1 aromatic heterocycles. The Balaban J connectivity index is 1.85. The third-order valence-electron chi connectivity index (χ3n) is 3.64. The number of hydrogen-bond donors (Lipinski definition) is 1. The lowest BCUT2D eigenvalue weighted by atomic mass is 10.1. The predicted molar refractivity (Wildman–Crippen MR) is 76.9 cm³/mol. The monoisotopic (exact) mass is 301 g/mol. The van der Waals surface area contributed by atoms with E-state index in [1.807, 2.05) is 24.3 Å². The summed E-state index contributed by atoms with van der Waals surface area (Å²) in [4.78, 5) is 25.1. The van der Waals surface area contributed by atoms with Gasteiger partial charge in [-0.1, -0.05) is 18.2 Å². The fraction of sp³-hybridized carbons (Fsp3) is 0.267. The largest absolute Gasteiger partial charge is 0.496 e. The second kappa shape index (κ2) is 5.51. The van der Waals surface area contributed by atoms with Crippen LogP contribution in [0, 0.1) is 0 Å². The van der Waals surface area contributed by atoms with Crippen molar-refractivity contribution in [3.63, 3.8) is 0 Å². The van der Waals surface area contributed by atoms with Gasteiger partial charge in [-0.05, 0) is 6.07 Å². The molecule has 1 aliphatic rings. The Hall–Kier alpha value is -2.83. The Morgan fingerprint density at radius 2 is 2.14 bits per heavy atom. The first-order valence-electron chi connectivity index (χ1n) is 6.82. The SMILES string of the molecule is COc1ccccc1CN1CCn2nc(C(=O)O)cc2C1=O. The van der Waals surface area contributed by atoms with Crippen molar-refractivity contribution in [2.45, 2.75) is 13.1 Å². The number of carbonyl (C=O) groups is 2. The maximum Gasteiger partial charge on any atom is 0.356 e. The Morgan fingerprint density at radius 3 is 2.86 bits per heavy atom. The molecule has 1 N–H and O–H groups in total. The van der Waals surface area contributed by atoms with Crippen molar-refractivity contribution < 1.29 is 19.4 Å². The summed E-state index contributed by atoms with van der Waals surface area (Å²) in [5.74, 6) is -0.635. The van der Waals surface area contributed by atoms with E-state index in [1.54, 1.807) is 12.0 Å². The summed E-state index contributed by atoms with van der Waals surface area (Å²) in [6.45, 7) is 1.37. The van der Waals surface area contributed by atoms with Crippen molar-refractivity contribution in [1.29, 1.82) is 0 Å². The number of ether oxygens (including phenoxy) is 1. The minimum atomic E-state index is -1.13. The molecule has 2 heterocycles. The lowest BCUT2D eigenvalue weighted by molar-refractivity contribution is 0.0670. The maximum absolute atomic E-state index is 12.5. The number of carboxylic acids is 1. The number of para-hydroxylation sites is 1. The highest BCUT2D eigenvalue weighted by Gasteiger charge is 2.28. The van der Waals surface area contributed by atoms with Crippen molar-refractivity contribution in [2.75, 3.05) is 13.7 Å². The summed E-state index contributed by atoms with van der Waals surface area (Å²) >= 11 is 0. The van der Waals surface area contributed by atoms with Gasteiger partial charge in [-0.15, -0.1) is 0 Å². The van der Waals surface area contributed by atoms with Crippen molar-refractivity contribution in [3.8, 4) is 5.75 Å². The zero-order chi connectivity index (χ0) is 15.7. The summed E-state index contributed by atoms with van der Waals surface area (Å²) in [7, 11) is 1.59. The van der Waals surface area contributed by atoms with Crippen molar-refractivity contribution in [1.82, 2.24) is 14.7 Å². The van der Waals surface area contributed by atoms with Crippen LogP contribution in [0.25, 0.3) is 0 Å². The van der Waals surface area contributed by atoms with Crippen molar-refractivity contribution in [3.05, 3.63) is 47.3 Å². The van der Waals surface area contributed by atoms with Gasteiger partial charge in [0.2, 0.25) is 0 Å². The van der Waals surface area contributed by atoms with E-state index in [1.165, 1.54) is 10.7 Å². The van der Waals surface area contributed by atoms with Gasteiger partial charge in [0, 0.05) is 24.7 Å². The van der Waals surface area contributed by atoms with E-state index in [0.29, 0.717) is 25.3 Å². The van der Waals surface area contributed by atoms with Gasteiger partial charge in [0.1, 0.15) is 11.4 Å². The van der Waals surface area contributed by atoms with E-state index in [4.69, 9.17) is 9.84 Å². The smallest absolute Gasteiger partial charge is 0.356 e. The van der Waals surface area contributed by atoms with Crippen molar-refractivity contribution >= 4 is 11.9 Å². The highest BCUT2D eigenvalue weighted by molar-refractivity contribution is 5.96. The van der Waals surface area contributed by atoms with Gasteiger partial charge >= 0.3 is 5.97 Å². The van der Waals surface area contributed by atoms with Crippen LogP contribution in [-0.2, 0) is 13.1 Å². The second-order valence-corrected chi connectivity index (χ2v) is 4.98. The van der Waals surface area contributed by atoms with Crippen LogP contribution in [0.15, 0.2) is 30.3 Å². The average molecular weight is 301 g/mol. The van der Waals surface area contributed by atoms with E-state index in [9.17, 15) is 9.59 Å².